The maximum absolute atomic E-state index is 13.7. The largest absolute Gasteiger partial charge is 0.339 e. The average Bonchev–Trinajstić information content (AvgIpc) is 2.71. The lowest BCUT2D eigenvalue weighted by Crippen LogP contribution is -2.51. The Labute approximate surface area is 186 Å². The topological polar surface area (TPSA) is 60.9 Å². The summed E-state index contributed by atoms with van der Waals surface area (Å²) in [5.74, 6) is -0.132. The fourth-order valence-corrected chi connectivity index (χ4v) is 5.99. The average molecular weight is 444 g/mol. The Morgan fingerprint density at radius 3 is 2.13 bits per heavy atom. The van der Waals surface area contributed by atoms with Crippen molar-refractivity contribution in [3.63, 3.8) is 0 Å². The maximum Gasteiger partial charge on any atom is 0.244 e. The molecule has 0 N–H and O–H groups in total. The van der Waals surface area contributed by atoms with Crippen LogP contribution < -0.4 is 0 Å². The van der Waals surface area contributed by atoms with Crippen LogP contribution in [0.2, 0.25) is 0 Å². The molecule has 168 valence electrons. The van der Waals surface area contributed by atoms with Gasteiger partial charge < -0.3 is 9.80 Å². The van der Waals surface area contributed by atoms with Crippen molar-refractivity contribution in [3.8, 4) is 0 Å². The number of hydrogen-bond acceptors (Lipinski definition) is 4. The third-order valence-electron chi connectivity index (χ3n) is 5.86. The molecule has 0 aromatic heterocycles. The predicted octanol–water partition coefficient (Wildman–Crippen LogP) is 2.62. The van der Waals surface area contributed by atoms with E-state index in [0.29, 0.717) is 35.5 Å². The van der Waals surface area contributed by atoms with Crippen molar-refractivity contribution in [1.29, 1.82) is 0 Å². The Morgan fingerprint density at radius 1 is 0.968 bits per heavy atom. The summed E-state index contributed by atoms with van der Waals surface area (Å²) in [5.41, 5.74) is 3.51. The van der Waals surface area contributed by atoms with Gasteiger partial charge >= 0.3 is 0 Å². The number of carbonyl (C=O) groups is 1. The van der Waals surface area contributed by atoms with Crippen LogP contribution in [-0.2, 0) is 21.2 Å². The molecule has 1 amide bonds. The fraction of sp³-hybridized carbons (Fsp3) is 0.458. The molecule has 2 aromatic rings. The van der Waals surface area contributed by atoms with Crippen molar-refractivity contribution in [2.24, 2.45) is 0 Å². The summed E-state index contributed by atoms with van der Waals surface area (Å²) in [6.45, 7) is 8.60. The second-order valence-electron chi connectivity index (χ2n) is 8.49. The van der Waals surface area contributed by atoms with E-state index < -0.39 is 10.0 Å². The Balaban J connectivity index is 1.88. The van der Waals surface area contributed by atoms with Crippen molar-refractivity contribution < 1.29 is 13.2 Å². The van der Waals surface area contributed by atoms with E-state index in [9.17, 15) is 13.2 Å². The number of likely N-dealkylation sites (N-methyl/N-ethyl adjacent to an activating group) is 1. The van der Waals surface area contributed by atoms with Gasteiger partial charge in [0.2, 0.25) is 15.9 Å². The number of amides is 1. The van der Waals surface area contributed by atoms with Crippen LogP contribution in [0, 0.1) is 20.8 Å². The van der Waals surface area contributed by atoms with E-state index >= 15 is 0 Å². The van der Waals surface area contributed by atoms with Gasteiger partial charge in [0.15, 0.2) is 0 Å². The highest BCUT2D eigenvalue weighted by atomic mass is 32.2. The van der Waals surface area contributed by atoms with Crippen molar-refractivity contribution >= 4 is 15.9 Å². The SMILES string of the molecule is Cc1cc(C)c(S(=O)(=O)N(CCc2ccccc2)CC(=O)N2CCN(C)CC2)c(C)c1. The van der Waals surface area contributed by atoms with Gasteiger partial charge in [-0.25, -0.2) is 8.42 Å². The number of benzene rings is 2. The highest BCUT2D eigenvalue weighted by Crippen LogP contribution is 2.25. The summed E-state index contributed by atoms with van der Waals surface area (Å²) in [5, 5.41) is 0. The minimum atomic E-state index is -3.82. The molecule has 0 saturated carbocycles. The van der Waals surface area contributed by atoms with Gasteiger partial charge in [-0.3, -0.25) is 4.79 Å². The van der Waals surface area contributed by atoms with Gasteiger partial charge in [-0.05, 0) is 50.9 Å². The summed E-state index contributed by atoms with van der Waals surface area (Å²) in [4.78, 5) is 17.3. The molecule has 1 saturated heterocycles. The molecule has 0 bridgehead atoms. The second-order valence-corrected chi connectivity index (χ2v) is 10.4. The molecule has 0 spiro atoms. The van der Waals surface area contributed by atoms with Gasteiger partial charge in [-0.2, -0.15) is 4.31 Å². The molecular weight excluding hydrogens is 410 g/mol. The zero-order valence-corrected chi connectivity index (χ0v) is 19.8. The third kappa shape index (κ3) is 5.73. The van der Waals surface area contributed by atoms with Crippen molar-refractivity contribution in [3.05, 3.63) is 64.7 Å². The number of nitrogens with zero attached hydrogens (tertiary/aromatic N) is 3. The third-order valence-corrected chi connectivity index (χ3v) is 8.01. The monoisotopic (exact) mass is 443 g/mol. The van der Waals surface area contributed by atoms with Crippen LogP contribution in [0.1, 0.15) is 22.3 Å². The van der Waals surface area contributed by atoms with E-state index in [0.717, 1.165) is 24.2 Å². The lowest BCUT2D eigenvalue weighted by molar-refractivity contribution is -0.132. The zero-order chi connectivity index (χ0) is 22.6. The van der Waals surface area contributed by atoms with Crippen LogP contribution in [0.4, 0.5) is 0 Å². The molecule has 0 atom stereocenters. The lowest BCUT2D eigenvalue weighted by Gasteiger charge is -2.34. The second kappa shape index (κ2) is 9.94. The van der Waals surface area contributed by atoms with Crippen LogP contribution in [0.5, 0.6) is 0 Å². The predicted molar refractivity (Wildman–Crippen MR) is 124 cm³/mol. The molecule has 1 aliphatic rings. The molecule has 0 aliphatic carbocycles. The van der Waals surface area contributed by atoms with Crippen LogP contribution >= 0.6 is 0 Å². The molecule has 31 heavy (non-hydrogen) atoms. The number of carbonyl (C=O) groups excluding carboxylic acids is 1. The number of rotatable bonds is 7. The highest BCUT2D eigenvalue weighted by Gasteiger charge is 2.31. The molecule has 7 heteroatoms. The van der Waals surface area contributed by atoms with Gasteiger partial charge in [0.1, 0.15) is 0 Å². The molecule has 1 fully saturated rings. The standard InChI is InChI=1S/C24H33N3O3S/c1-19-16-20(2)24(21(3)17-19)31(29,30)27(11-10-22-8-6-5-7-9-22)18-23(28)26-14-12-25(4)13-15-26/h5-9,16-17H,10-15,18H2,1-4H3. The first-order valence-electron chi connectivity index (χ1n) is 10.8. The fourth-order valence-electron chi connectivity index (χ4n) is 4.19. The van der Waals surface area contributed by atoms with E-state index in [-0.39, 0.29) is 19.0 Å². The van der Waals surface area contributed by atoms with Crippen molar-refractivity contribution in [2.75, 3.05) is 46.3 Å². The van der Waals surface area contributed by atoms with Gasteiger partial charge in [-0.1, -0.05) is 48.0 Å². The van der Waals surface area contributed by atoms with Gasteiger partial charge in [0.05, 0.1) is 11.4 Å². The van der Waals surface area contributed by atoms with Crippen LogP contribution in [-0.4, -0.2) is 74.7 Å². The van der Waals surface area contributed by atoms with Crippen molar-refractivity contribution in [2.45, 2.75) is 32.1 Å². The maximum atomic E-state index is 13.7. The summed E-state index contributed by atoms with van der Waals surface area (Å²) < 4.78 is 28.8. The minimum Gasteiger partial charge on any atom is -0.339 e. The van der Waals surface area contributed by atoms with Crippen LogP contribution in [0.25, 0.3) is 0 Å². The van der Waals surface area contributed by atoms with E-state index in [1.54, 1.807) is 4.90 Å². The van der Waals surface area contributed by atoms with E-state index in [1.807, 2.05) is 70.3 Å². The van der Waals surface area contributed by atoms with Gasteiger partial charge in [0, 0.05) is 32.7 Å². The summed E-state index contributed by atoms with van der Waals surface area (Å²) in [6.07, 6.45) is 0.556. The smallest absolute Gasteiger partial charge is 0.244 e. The number of hydrogen-bond donors (Lipinski definition) is 0. The molecule has 1 heterocycles. The Morgan fingerprint density at radius 2 is 1.55 bits per heavy atom. The Kier molecular flexibility index (Phi) is 7.51. The molecule has 0 unspecified atom stereocenters. The van der Waals surface area contributed by atoms with Gasteiger partial charge in [0.25, 0.3) is 0 Å². The summed E-state index contributed by atoms with van der Waals surface area (Å²) >= 11 is 0. The first kappa shape index (κ1) is 23.4. The summed E-state index contributed by atoms with van der Waals surface area (Å²) in [6, 6.07) is 13.6. The Bertz CT molecular complexity index is 991. The number of sulfonamides is 1. The minimum absolute atomic E-state index is 0.132. The Hall–Kier alpha value is -2.22. The van der Waals surface area contributed by atoms with E-state index in [1.165, 1.54) is 4.31 Å². The molecule has 6 nitrogen and oxygen atoms in total. The molecule has 1 aliphatic heterocycles. The highest BCUT2D eigenvalue weighted by molar-refractivity contribution is 7.89. The number of piperazine rings is 1. The number of aryl methyl sites for hydroxylation is 3. The van der Waals surface area contributed by atoms with Crippen LogP contribution in [0.15, 0.2) is 47.4 Å². The lowest BCUT2D eigenvalue weighted by atomic mass is 10.1. The molecular formula is C24H33N3O3S. The molecule has 2 aromatic carbocycles. The van der Waals surface area contributed by atoms with Crippen molar-refractivity contribution in [1.82, 2.24) is 14.1 Å². The van der Waals surface area contributed by atoms with Gasteiger partial charge in [-0.15, -0.1) is 0 Å². The van der Waals surface area contributed by atoms with E-state index in [2.05, 4.69) is 4.90 Å². The molecule has 3 rings (SSSR count). The molecule has 0 radical (unpaired) electrons. The normalized spacial score (nSPS) is 15.5. The quantitative estimate of drug-likeness (QED) is 0.660. The summed E-state index contributed by atoms with van der Waals surface area (Å²) in [7, 11) is -1.79. The zero-order valence-electron chi connectivity index (χ0n) is 19.0. The van der Waals surface area contributed by atoms with Crippen LogP contribution in [0.3, 0.4) is 0 Å². The first-order chi connectivity index (χ1) is 14.7. The first-order valence-corrected chi connectivity index (χ1v) is 12.2. The van der Waals surface area contributed by atoms with E-state index in [4.69, 9.17) is 0 Å².